The van der Waals surface area contributed by atoms with Crippen LogP contribution in [0.2, 0.25) is 0 Å². The highest BCUT2D eigenvalue weighted by Crippen LogP contribution is 2.36. The third kappa shape index (κ3) is 3.79. The maximum atomic E-state index is 6.35. The van der Waals surface area contributed by atoms with Crippen LogP contribution in [0.25, 0.3) is 22.8 Å². The number of imidazole rings is 1. The number of likely N-dealkylation sites (tertiary alicyclic amines) is 1. The molecule has 1 saturated heterocycles. The molecular weight excluding hydrogens is 376 g/mol. The van der Waals surface area contributed by atoms with E-state index < -0.39 is 0 Å². The Labute approximate surface area is 177 Å². The van der Waals surface area contributed by atoms with E-state index in [0.29, 0.717) is 12.6 Å². The molecule has 0 amide bonds. The van der Waals surface area contributed by atoms with Crippen molar-refractivity contribution in [2.45, 2.75) is 45.4 Å². The molecule has 0 radical (unpaired) electrons. The van der Waals surface area contributed by atoms with Crippen molar-refractivity contribution < 1.29 is 9.47 Å². The normalized spacial score (nSPS) is 19.0. The van der Waals surface area contributed by atoms with Crippen molar-refractivity contribution in [2.75, 3.05) is 19.7 Å². The predicted octanol–water partition coefficient (Wildman–Crippen LogP) is 4.26. The number of rotatable bonds is 4. The number of piperidine rings is 1. The zero-order valence-corrected chi connectivity index (χ0v) is 17.6. The summed E-state index contributed by atoms with van der Waals surface area (Å²) in [5.41, 5.74) is 2.76. The monoisotopic (exact) mass is 404 g/mol. The second-order valence-electron chi connectivity index (χ2n) is 8.34. The molecule has 3 aromatic rings. The summed E-state index contributed by atoms with van der Waals surface area (Å²) in [5.74, 6) is 2.62. The van der Waals surface area contributed by atoms with Gasteiger partial charge in [-0.2, -0.15) is 0 Å². The molecule has 1 unspecified atom stereocenters. The van der Waals surface area contributed by atoms with Crippen molar-refractivity contribution in [3.8, 4) is 34.3 Å². The maximum Gasteiger partial charge on any atom is 0.144 e. The van der Waals surface area contributed by atoms with Crippen molar-refractivity contribution in [1.82, 2.24) is 19.4 Å². The summed E-state index contributed by atoms with van der Waals surface area (Å²) in [4.78, 5) is 11.8. The quantitative estimate of drug-likeness (QED) is 0.650. The van der Waals surface area contributed by atoms with Gasteiger partial charge in [0.1, 0.15) is 35.7 Å². The highest BCUT2D eigenvalue weighted by molar-refractivity contribution is 5.69. The SMILES string of the molecule is CC(C)N1CCCC(Oc2ccc3c(c2)OCCn2cc(-c4ccccn4)nc2-3)C1. The molecule has 1 atom stereocenters. The molecule has 0 N–H and O–H groups in total. The number of fused-ring (bicyclic) bond motifs is 3. The summed E-state index contributed by atoms with van der Waals surface area (Å²) in [5, 5.41) is 0. The van der Waals surface area contributed by atoms with Crippen LogP contribution in [0.3, 0.4) is 0 Å². The van der Waals surface area contributed by atoms with Gasteiger partial charge in [-0.05, 0) is 57.5 Å². The van der Waals surface area contributed by atoms with E-state index in [9.17, 15) is 0 Å². The molecule has 0 aliphatic carbocycles. The minimum Gasteiger partial charge on any atom is -0.491 e. The molecule has 0 spiro atoms. The van der Waals surface area contributed by atoms with Crippen LogP contribution in [0, 0.1) is 0 Å². The van der Waals surface area contributed by atoms with Gasteiger partial charge in [-0.1, -0.05) is 6.07 Å². The van der Waals surface area contributed by atoms with Gasteiger partial charge in [0.25, 0.3) is 0 Å². The molecule has 2 aliphatic heterocycles. The number of ether oxygens (including phenoxy) is 2. The Balaban J connectivity index is 1.40. The van der Waals surface area contributed by atoms with Crippen molar-refractivity contribution >= 4 is 0 Å². The Bertz CT molecular complexity index is 1020. The topological polar surface area (TPSA) is 52.4 Å². The summed E-state index contributed by atoms with van der Waals surface area (Å²) in [7, 11) is 0. The number of pyridine rings is 1. The van der Waals surface area contributed by atoms with Gasteiger partial charge in [0.15, 0.2) is 0 Å². The second-order valence-corrected chi connectivity index (χ2v) is 8.34. The molecular formula is C24H28N4O2. The minimum atomic E-state index is 0.225. The molecule has 6 nitrogen and oxygen atoms in total. The molecule has 1 fully saturated rings. The number of nitrogens with zero attached hydrogens (tertiary/aromatic N) is 4. The number of hydrogen-bond donors (Lipinski definition) is 0. The van der Waals surface area contributed by atoms with E-state index in [1.165, 1.54) is 6.42 Å². The summed E-state index contributed by atoms with van der Waals surface area (Å²) in [6.07, 6.45) is 6.36. The Morgan fingerprint density at radius 2 is 2.07 bits per heavy atom. The van der Waals surface area contributed by atoms with E-state index in [1.54, 1.807) is 6.20 Å². The first-order valence-electron chi connectivity index (χ1n) is 10.8. The van der Waals surface area contributed by atoms with E-state index in [4.69, 9.17) is 14.5 Å². The lowest BCUT2D eigenvalue weighted by molar-refractivity contribution is 0.0705. The van der Waals surface area contributed by atoms with Crippen molar-refractivity contribution in [3.63, 3.8) is 0 Å². The second kappa shape index (κ2) is 8.11. The molecule has 2 aliphatic rings. The van der Waals surface area contributed by atoms with Crippen LogP contribution < -0.4 is 9.47 Å². The van der Waals surface area contributed by atoms with Gasteiger partial charge in [-0.15, -0.1) is 0 Å². The lowest BCUT2D eigenvalue weighted by Gasteiger charge is -2.35. The summed E-state index contributed by atoms with van der Waals surface area (Å²) in [6, 6.07) is 12.6. The maximum absolute atomic E-state index is 6.35. The van der Waals surface area contributed by atoms with Crippen LogP contribution in [-0.2, 0) is 6.54 Å². The van der Waals surface area contributed by atoms with E-state index in [-0.39, 0.29) is 6.10 Å². The summed E-state index contributed by atoms with van der Waals surface area (Å²) < 4.78 is 14.6. The first kappa shape index (κ1) is 19.1. The van der Waals surface area contributed by atoms with Gasteiger partial charge in [0.2, 0.25) is 0 Å². The van der Waals surface area contributed by atoms with Crippen LogP contribution in [0.15, 0.2) is 48.8 Å². The first-order valence-corrected chi connectivity index (χ1v) is 10.8. The fourth-order valence-electron chi connectivity index (χ4n) is 4.30. The number of benzene rings is 1. The smallest absolute Gasteiger partial charge is 0.144 e. The molecule has 6 heteroatoms. The van der Waals surface area contributed by atoms with E-state index in [0.717, 1.165) is 60.3 Å². The third-order valence-corrected chi connectivity index (χ3v) is 5.93. The zero-order valence-electron chi connectivity index (χ0n) is 17.6. The minimum absolute atomic E-state index is 0.225. The fraction of sp³-hybridized carbons (Fsp3) is 0.417. The third-order valence-electron chi connectivity index (χ3n) is 5.93. The number of hydrogen-bond acceptors (Lipinski definition) is 5. The van der Waals surface area contributed by atoms with E-state index >= 15 is 0 Å². The zero-order chi connectivity index (χ0) is 20.5. The lowest BCUT2D eigenvalue weighted by atomic mass is 10.1. The van der Waals surface area contributed by atoms with Crippen LogP contribution >= 0.6 is 0 Å². The lowest BCUT2D eigenvalue weighted by Crippen LogP contribution is -2.44. The average molecular weight is 405 g/mol. The average Bonchev–Trinajstić information content (AvgIpc) is 3.11. The Morgan fingerprint density at radius 1 is 1.13 bits per heavy atom. The van der Waals surface area contributed by atoms with Crippen LogP contribution in [0.4, 0.5) is 0 Å². The molecule has 156 valence electrons. The van der Waals surface area contributed by atoms with Gasteiger partial charge < -0.3 is 14.0 Å². The Morgan fingerprint density at radius 3 is 2.90 bits per heavy atom. The fourth-order valence-corrected chi connectivity index (χ4v) is 4.30. The van der Waals surface area contributed by atoms with Crippen LogP contribution in [-0.4, -0.2) is 51.3 Å². The van der Waals surface area contributed by atoms with Crippen molar-refractivity contribution in [1.29, 1.82) is 0 Å². The Kier molecular flexibility index (Phi) is 5.17. The summed E-state index contributed by atoms with van der Waals surface area (Å²) >= 11 is 0. The van der Waals surface area contributed by atoms with Gasteiger partial charge in [-0.25, -0.2) is 4.98 Å². The highest BCUT2D eigenvalue weighted by atomic mass is 16.5. The molecule has 5 rings (SSSR count). The van der Waals surface area contributed by atoms with Crippen molar-refractivity contribution in [3.05, 3.63) is 48.8 Å². The Hall–Kier alpha value is -2.86. The predicted molar refractivity (Wildman–Crippen MR) is 117 cm³/mol. The van der Waals surface area contributed by atoms with Gasteiger partial charge >= 0.3 is 0 Å². The first-order chi connectivity index (χ1) is 14.7. The molecule has 1 aromatic carbocycles. The van der Waals surface area contributed by atoms with Gasteiger partial charge in [0.05, 0.1) is 17.8 Å². The molecule has 2 aromatic heterocycles. The van der Waals surface area contributed by atoms with Crippen molar-refractivity contribution in [2.24, 2.45) is 0 Å². The molecule has 0 bridgehead atoms. The summed E-state index contributed by atoms with van der Waals surface area (Å²) in [6.45, 7) is 8.00. The van der Waals surface area contributed by atoms with E-state index in [2.05, 4.69) is 40.6 Å². The molecule has 4 heterocycles. The van der Waals surface area contributed by atoms with Crippen LogP contribution in [0.5, 0.6) is 11.5 Å². The van der Waals surface area contributed by atoms with Crippen LogP contribution in [0.1, 0.15) is 26.7 Å². The largest absolute Gasteiger partial charge is 0.491 e. The highest BCUT2D eigenvalue weighted by Gasteiger charge is 2.24. The molecule has 30 heavy (non-hydrogen) atoms. The molecule has 0 saturated carbocycles. The van der Waals surface area contributed by atoms with Gasteiger partial charge in [-0.3, -0.25) is 9.88 Å². The number of aromatic nitrogens is 3. The van der Waals surface area contributed by atoms with Gasteiger partial charge in [0, 0.05) is 31.0 Å². The standard InChI is InChI=1S/C24H28N4O2/c1-17(2)27-11-5-6-19(15-27)30-18-8-9-20-23(14-18)29-13-12-28-16-22(26-24(20)28)21-7-3-4-10-25-21/h3-4,7-10,14,16-17,19H,5-6,11-13,15H2,1-2H3. The van der Waals surface area contributed by atoms with E-state index in [1.807, 2.05) is 30.3 Å².